The van der Waals surface area contributed by atoms with Crippen LogP contribution in [0.3, 0.4) is 0 Å². The zero-order chi connectivity index (χ0) is 20.2. The van der Waals surface area contributed by atoms with Gasteiger partial charge in [-0.2, -0.15) is 0 Å². The van der Waals surface area contributed by atoms with E-state index >= 15 is 0 Å². The van der Waals surface area contributed by atoms with Crippen LogP contribution in [0.4, 0.5) is 4.39 Å². The molecule has 0 bridgehead atoms. The van der Waals surface area contributed by atoms with Crippen LogP contribution in [0.2, 0.25) is 0 Å². The summed E-state index contributed by atoms with van der Waals surface area (Å²) in [6.07, 6.45) is 1.99. The third kappa shape index (κ3) is 4.60. The van der Waals surface area contributed by atoms with Gasteiger partial charge in [0, 0.05) is 37.8 Å². The Morgan fingerprint density at radius 1 is 1.07 bits per heavy atom. The molecule has 1 aliphatic heterocycles. The summed E-state index contributed by atoms with van der Waals surface area (Å²) >= 11 is 1.17. The van der Waals surface area contributed by atoms with Gasteiger partial charge in [0.1, 0.15) is 5.82 Å². The van der Waals surface area contributed by atoms with Crippen molar-refractivity contribution < 1.29 is 9.18 Å². The van der Waals surface area contributed by atoms with E-state index in [1.54, 1.807) is 22.9 Å². The lowest BCUT2D eigenvalue weighted by Gasteiger charge is -2.35. The molecule has 3 heterocycles. The number of hydrogen-bond donors (Lipinski definition) is 0. The highest BCUT2D eigenvalue weighted by Gasteiger charge is 2.22. The van der Waals surface area contributed by atoms with Crippen molar-refractivity contribution >= 4 is 17.2 Å². The summed E-state index contributed by atoms with van der Waals surface area (Å²) in [5.74, 6) is -0.262. The highest BCUT2D eigenvalue weighted by Crippen LogP contribution is 2.18. The summed E-state index contributed by atoms with van der Waals surface area (Å²) in [5, 5.41) is 1.84. The van der Waals surface area contributed by atoms with Gasteiger partial charge in [-0.15, -0.1) is 0 Å². The predicted octanol–water partition coefficient (Wildman–Crippen LogP) is 2.46. The smallest absolute Gasteiger partial charge is 0.308 e. The molecule has 1 fully saturated rings. The molecule has 1 saturated heterocycles. The molecule has 0 spiro atoms. The highest BCUT2D eigenvalue weighted by atomic mass is 32.1. The Morgan fingerprint density at radius 2 is 1.83 bits per heavy atom. The van der Waals surface area contributed by atoms with Gasteiger partial charge in [-0.25, -0.2) is 4.39 Å². The average Bonchev–Trinajstić information content (AvgIpc) is 3.11. The van der Waals surface area contributed by atoms with Crippen molar-refractivity contribution in [3.8, 4) is 11.4 Å². The van der Waals surface area contributed by atoms with Crippen LogP contribution >= 0.6 is 11.3 Å². The van der Waals surface area contributed by atoms with Crippen molar-refractivity contribution in [3.05, 3.63) is 75.1 Å². The fourth-order valence-corrected chi connectivity index (χ4v) is 4.15. The first-order valence-corrected chi connectivity index (χ1v) is 10.3. The largest absolute Gasteiger partial charge is 0.340 e. The van der Waals surface area contributed by atoms with Crippen LogP contribution < -0.4 is 4.87 Å². The van der Waals surface area contributed by atoms with E-state index in [1.807, 2.05) is 28.5 Å². The standard InChI is InChI=1S/C21H21FN4O2S/c22-17-6-4-16(5-7-17)13-20(27)25-11-9-24(10-12-25)15-26-19(14-29-21(26)28)18-3-1-2-8-23-18/h1-8,14H,9-13,15H2. The lowest BCUT2D eigenvalue weighted by atomic mass is 10.1. The first-order valence-electron chi connectivity index (χ1n) is 9.44. The van der Waals surface area contributed by atoms with E-state index in [1.165, 1.54) is 23.5 Å². The van der Waals surface area contributed by atoms with E-state index in [2.05, 4.69) is 9.88 Å². The van der Waals surface area contributed by atoms with Crippen LogP contribution in [0.5, 0.6) is 0 Å². The highest BCUT2D eigenvalue weighted by molar-refractivity contribution is 7.07. The van der Waals surface area contributed by atoms with E-state index < -0.39 is 0 Å². The van der Waals surface area contributed by atoms with E-state index in [4.69, 9.17) is 0 Å². The maximum absolute atomic E-state index is 13.0. The molecule has 1 amide bonds. The van der Waals surface area contributed by atoms with Gasteiger partial charge in [0.05, 0.1) is 24.5 Å². The molecule has 0 N–H and O–H groups in total. The van der Waals surface area contributed by atoms with Gasteiger partial charge < -0.3 is 4.90 Å². The van der Waals surface area contributed by atoms with Crippen molar-refractivity contribution in [1.29, 1.82) is 0 Å². The second-order valence-corrected chi connectivity index (χ2v) is 7.79. The van der Waals surface area contributed by atoms with Gasteiger partial charge in [-0.3, -0.25) is 24.0 Å². The van der Waals surface area contributed by atoms with Gasteiger partial charge in [0.25, 0.3) is 0 Å². The SMILES string of the molecule is O=C(Cc1ccc(F)cc1)N1CCN(Cn2c(-c3ccccn3)csc2=O)CC1. The first kappa shape index (κ1) is 19.5. The van der Waals surface area contributed by atoms with Crippen LogP contribution in [0, 0.1) is 5.82 Å². The topological polar surface area (TPSA) is 58.4 Å². The Bertz CT molecular complexity index is 1020. The lowest BCUT2D eigenvalue weighted by molar-refractivity contribution is -0.132. The van der Waals surface area contributed by atoms with Gasteiger partial charge in [0.15, 0.2) is 0 Å². The number of rotatable bonds is 5. The van der Waals surface area contributed by atoms with Crippen LogP contribution in [0.1, 0.15) is 5.56 Å². The van der Waals surface area contributed by atoms with Gasteiger partial charge in [0.2, 0.25) is 5.91 Å². The minimum absolute atomic E-state index is 0.0135. The number of thiazole rings is 1. The normalized spacial score (nSPS) is 14.9. The third-order valence-electron chi connectivity index (χ3n) is 5.04. The number of pyridine rings is 1. The summed E-state index contributed by atoms with van der Waals surface area (Å²) in [5.41, 5.74) is 2.40. The number of nitrogens with zero attached hydrogens (tertiary/aromatic N) is 4. The minimum atomic E-state index is -0.302. The average molecular weight is 412 g/mol. The van der Waals surface area contributed by atoms with Crippen molar-refractivity contribution in [2.75, 3.05) is 26.2 Å². The van der Waals surface area contributed by atoms with Gasteiger partial charge in [-0.05, 0) is 29.8 Å². The molecule has 0 unspecified atom stereocenters. The molecule has 0 radical (unpaired) electrons. The molecule has 3 aromatic rings. The summed E-state index contributed by atoms with van der Waals surface area (Å²) in [6.45, 7) is 3.09. The monoisotopic (exact) mass is 412 g/mol. The molecular formula is C21H21FN4O2S. The zero-order valence-corrected chi connectivity index (χ0v) is 16.6. The second-order valence-electron chi connectivity index (χ2n) is 6.97. The molecule has 4 rings (SSSR count). The number of amides is 1. The summed E-state index contributed by atoms with van der Waals surface area (Å²) in [6, 6.07) is 11.7. The number of aromatic nitrogens is 2. The number of halogens is 1. The van der Waals surface area contributed by atoms with Crippen LogP contribution in [-0.4, -0.2) is 51.4 Å². The number of piperazine rings is 1. The molecule has 1 aliphatic rings. The molecule has 150 valence electrons. The lowest BCUT2D eigenvalue weighted by Crippen LogP contribution is -2.49. The molecule has 8 heteroatoms. The van der Waals surface area contributed by atoms with Crippen molar-refractivity contribution in [3.63, 3.8) is 0 Å². The quantitative estimate of drug-likeness (QED) is 0.646. The fraction of sp³-hybridized carbons (Fsp3) is 0.286. The van der Waals surface area contributed by atoms with Crippen molar-refractivity contribution in [2.45, 2.75) is 13.1 Å². The number of benzene rings is 1. The van der Waals surface area contributed by atoms with Crippen molar-refractivity contribution in [1.82, 2.24) is 19.4 Å². The van der Waals surface area contributed by atoms with Crippen LogP contribution in [0.15, 0.2) is 58.8 Å². The molecule has 0 aliphatic carbocycles. The van der Waals surface area contributed by atoms with E-state index in [9.17, 15) is 14.0 Å². The molecule has 29 heavy (non-hydrogen) atoms. The first-order chi connectivity index (χ1) is 14.1. The number of hydrogen-bond acceptors (Lipinski definition) is 5. The molecular weight excluding hydrogens is 391 g/mol. The minimum Gasteiger partial charge on any atom is -0.340 e. The zero-order valence-electron chi connectivity index (χ0n) is 15.8. The Kier molecular flexibility index (Phi) is 5.82. The van der Waals surface area contributed by atoms with Crippen molar-refractivity contribution in [2.24, 2.45) is 0 Å². The van der Waals surface area contributed by atoms with Crippen LogP contribution in [0.25, 0.3) is 11.4 Å². The third-order valence-corrected chi connectivity index (χ3v) is 5.81. The maximum atomic E-state index is 13.0. The predicted molar refractivity (Wildman–Crippen MR) is 110 cm³/mol. The maximum Gasteiger partial charge on any atom is 0.308 e. The Labute approximate surface area is 171 Å². The fourth-order valence-electron chi connectivity index (χ4n) is 3.41. The summed E-state index contributed by atoms with van der Waals surface area (Å²) in [4.78, 5) is 33.2. The van der Waals surface area contributed by atoms with E-state index in [-0.39, 0.29) is 23.0 Å². The number of carbonyl (C=O) groups is 1. The second kappa shape index (κ2) is 8.67. The van der Waals surface area contributed by atoms with E-state index in [0.717, 1.165) is 17.0 Å². The summed E-state index contributed by atoms with van der Waals surface area (Å²) in [7, 11) is 0. The molecule has 2 aromatic heterocycles. The Morgan fingerprint density at radius 3 is 2.52 bits per heavy atom. The molecule has 0 saturated carbocycles. The Balaban J connectivity index is 1.36. The number of carbonyl (C=O) groups excluding carboxylic acids is 1. The molecule has 6 nitrogen and oxygen atoms in total. The Hall–Kier alpha value is -2.84. The van der Waals surface area contributed by atoms with Crippen LogP contribution in [-0.2, 0) is 17.9 Å². The van der Waals surface area contributed by atoms with E-state index in [0.29, 0.717) is 32.8 Å². The molecule has 1 aromatic carbocycles. The summed E-state index contributed by atoms with van der Waals surface area (Å²) < 4.78 is 14.8. The molecule has 0 atom stereocenters. The van der Waals surface area contributed by atoms with Gasteiger partial charge >= 0.3 is 4.87 Å². The van der Waals surface area contributed by atoms with Gasteiger partial charge in [-0.1, -0.05) is 29.5 Å².